The molecular weight excluding hydrogens is 342 g/mol. The van der Waals surface area contributed by atoms with E-state index in [0.29, 0.717) is 6.42 Å². The van der Waals surface area contributed by atoms with Gasteiger partial charge in [0.15, 0.2) is 0 Å². The minimum absolute atomic E-state index is 0.197. The minimum Gasteiger partial charge on any atom is -0.497 e. The van der Waals surface area contributed by atoms with Crippen molar-refractivity contribution in [2.24, 2.45) is 0 Å². The third-order valence-corrected chi connectivity index (χ3v) is 5.81. The molecule has 1 N–H and O–H groups in total. The van der Waals surface area contributed by atoms with Crippen molar-refractivity contribution in [1.29, 1.82) is 0 Å². The third-order valence-electron chi connectivity index (χ3n) is 3.71. The number of halogens is 1. The first kappa shape index (κ1) is 15.6. The van der Waals surface area contributed by atoms with Crippen LogP contribution in [0.15, 0.2) is 22.7 Å². The number of hydrogen-bond acceptors (Lipinski definition) is 4. The van der Waals surface area contributed by atoms with Crippen LogP contribution in [0.2, 0.25) is 0 Å². The lowest BCUT2D eigenvalue weighted by Gasteiger charge is -2.29. The highest BCUT2D eigenvalue weighted by atomic mass is 79.9. The fourth-order valence-electron chi connectivity index (χ4n) is 2.66. The predicted octanol–water partition coefficient (Wildman–Crippen LogP) is 3.23. The van der Waals surface area contributed by atoms with Crippen LogP contribution in [-0.2, 0) is 9.84 Å². The van der Waals surface area contributed by atoms with Crippen molar-refractivity contribution in [2.75, 3.05) is 18.7 Å². The summed E-state index contributed by atoms with van der Waals surface area (Å²) < 4.78 is 29.5. The molecule has 1 saturated carbocycles. The topological polar surface area (TPSA) is 55.4 Å². The monoisotopic (exact) mass is 361 g/mol. The summed E-state index contributed by atoms with van der Waals surface area (Å²) in [5.41, 5.74) is 0.954. The summed E-state index contributed by atoms with van der Waals surface area (Å²) in [6.07, 6.45) is 4.73. The van der Waals surface area contributed by atoms with Crippen LogP contribution in [0.4, 0.5) is 5.69 Å². The smallest absolute Gasteiger partial charge is 0.150 e. The Kier molecular flexibility index (Phi) is 4.96. The van der Waals surface area contributed by atoms with Crippen LogP contribution in [0.25, 0.3) is 0 Å². The first-order chi connectivity index (χ1) is 9.38. The molecule has 6 heteroatoms. The lowest BCUT2D eigenvalue weighted by Crippen LogP contribution is -2.34. The molecule has 0 aromatic heterocycles. The summed E-state index contributed by atoms with van der Waals surface area (Å²) in [6, 6.07) is 6.00. The molecule has 1 aromatic carbocycles. The van der Waals surface area contributed by atoms with Crippen LogP contribution >= 0.6 is 15.9 Å². The molecule has 0 radical (unpaired) electrons. The van der Waals surface area contributed by atoms with E-state index in [1.54, 1.807) is 7.11 Å². The molecule has 1 aliphatic carbocycles. The second-order valence-electron chi connectivity index (χ2n) is 5.34. The Morgan fingerprint density at radius 1 is 1.30 bits per heavy atom. The Labute approximate surface area is 129 Å². The average molecular weight is 362 g/mol. The number of nitrogens with one attached hydrogen (secondary N) is 1. The minimum atomic E-state index is -2.95. The van der Waals surface area contributed by atoms with Gasteiger partial charge >= 0.3 is 0 Å². The molecule has 0 spiro atoms. The fraction of sp³-hybridized carbons (Fsp3) is 0.571. The van der Waals surface area contributed by atoms with Gasteiger partial charge in [-0.25, -0.2) is 8.42 Å². The van der Waals surface area contributed by atoms with Crippen molar-refractivity contribution in [2.45, 2.75) is 37.0 Å². The van der Waals surface area contributed by atoms with Gasteiger partial charge in [0.2, 0.25) is 0 Å². The number of rotatable bonds is 4. The van der Waals surface area contributed by atoms with Crippen LogP contribution in [0.1, 0.15) is 25.7 Å². The normalized spacial score (nSPS) is 23.4. The lowest BCUT2D eigenvalue weighted by molar-refractivity contribution is 0.414. The molecule has 1 aliphatic rings. The predicted molar refractivity (Wildman–Crippen MR) is 85.2 cm³/mol. The first-order valence-corrected chi connectivity index (χ1v) is 9.43. The van der Waals surface area contributed by atoms with Gasteiger partial charge in [0, 0.05) is 28.5 Å². The van der Waals surface area contributed by atoms with Gasteiger partial charge in [-0.1, -0.05) is 22.4 Å². The molecule has 4 nitrogen and oxygen atoms in total. The highest BCUT2D eigenvalue weighted by molar-refractivity contribution is 9.10. The van der Waals surface area contributed by atoms with E-state index in [2.05, 4.69) is 21.2 Å². The van der Waals surface area contributed by atoms with E-state index in [1.165, 1.54) is 6.26 Å². The second kappa shape index (κ2) is 6.35. The van der Waals surface area contributed by atoms with E-state index in [9.17, 15) is 8.42 Å². The Bertz CT molecular complexity index is 574. The average Bonchev–Trinajstić information content (AvgIpc) is 2.37. The molecule has 1 aromatic rings. The van der Waals surface area contributed by atoms with Crippen LogP contribution in [0.5, 0.6) is 5.75 Å². The Morgan fingerprint density at radius 3 is 2.70 bits per heavy atom. The van der Waals surface area contributed by atoms with Crippen molar-refractivity contribution in [3.05, 3.63) is 22.7 Å². The Morgan fingerprint density at radius 2 is 2.05 bits per heavy atom. The van der Waals surface area contributed by atoms with Gasteiger partial charge in [-0.15, -0.1) is 0 Å². The van der Waals surface area contributed by atoms with Gasteiger partial charge in [-0.05, 0) is 31.4 Å². The van der Waals surface area contributed by atoms with Crippen molar-refractivity contribution >= 4 is 31.5 Å². The number of benzene rings is 1. The quantitative estimate of drug-likeness (QED) is 0.894. The van der Waals surface area contributed by atoms with E-state index < -0.39 is 9.84 Å². The lowest BCUT2D eigenvalue weighted by atomic mass is 9.95. The Hall–Kier alpha value is -0.750. The first-order valence-electron chi connectivity index (χ1n) is 6.68. The number of sulfone groups is 1. The molecule has 0 amide bonds. The Balaban J connectivity index is 2.08. The number of methoxy groups -OCH3 is 1. The van der Waals surface area contributed by atoms with Gasteiger partial charge < -0.3 is 10.1 Å². The van der Waals surface area contributed by atoms with Crippen LogP contribution in [0, 0.1) is 0 Å². The van der Waals surface area contributed by atoms with Crippen molar-refractivity contribution < 1.29 is 13.2 Å². The number of ether oxygens (including phenoxy) is 1. The molecule has 0 bridgehead atoms. The summed E-state index contributed by atoms with van der Waals surface area (Å²) in [4.78, 5) is 0. The van der Waals surface area contributed by atoms with Gasteiger partial charge in [-0.2, -0.15) is 0 Å². The maximum atomic E-state index is 11.7. The zero-order chi connectivity index (χ0) is 14.8. The molecular formula is C14H20BrNO3S. The largest absolute Gasteiger partial charge is 0.497 e. The number of anilines is 1. The molecule has 1 fully saturated rings. The molecule has 2 atom stereocenters. The van der Waals surface area contributed by atoms with Crippen molar-refractivity contribution in [3.63, 3.8) is 0 Å². The summed E-state index contributed by atoms with van der Waals surface area (Å²) in [6.45, 7) is 0. The molecule has 20 heavy (non-hydrogen) atoms. The fourth-order valence-corrected chi connectivity index (χ4v) is 4.31. The van der Waals surface area contributed by atoms with Crippen molar-refractivity contribution in [3.8, 4) is 5.75 Å². The van der Waals surface area contributed by atoms with Crippen LogP contribution in [-0.4, -0.2) is 33.1 Å². The summed E-state index contributed by atoms with van der Waals surface area (Å²) in [5.74, 6) is 0.775. The SMILES string of the molecule is COc1cc(Br)cc(NC2CCCC(S(C)(=O)=O)C2)c1. The van der Waals surface area contributed by atoms with Gasteiger partial charge in [0.25, 0.3) is 0 Å². The molecule has 0 heterocycles. The van der Waals surface area contributed by atoms with E-state index in [-0.39, 0.29) is 11.3 Å². The highest BCUT2D eigenvalue weighted by Crippen LogP contribution is 2.29. The van der Waals surface area contributed by atoms with Gasteiger partial charge in [0.1, 0.15) is 15.6 Å². The molecule has 0 saturated heterocycles. The summed E-state index contributed by atoms with van der Waals surface area (Å²) >= 11 is 3.45. The highest BCUT2D eigenvalue weighted by Gasteiger charge is 2.28. The molecule has 112 valence electrons. The molecule has 2 rings (SSSR count). The van der Waals surface area contributed by atoms with Gasteiger partial charge in [0.05, 0.1) is 12.4 Å². The second-order valence-corrected chi connectivity index (χ2v) is 8.58. The summed E-state index contributed by atoms with van der Waals surface area (Å²) in [7, 11) is -1.32. The molecule has 0 aliphatic heterocycles. The zero-order valence-electron chi connectivity index (χ0n) is 11.7. The van der Waals surface area contributed by atoms with E-state index in [0.717, 1.165) is 35.2 Å². The van der Waals surface area contributed by atoms with Crippen LogP contribution in [0.3, 0.4) is 0 Å². The van der Waals surface area contributed by atoms with E-state index in [1.807, 2.05) is 18.2 Å². The maximum Gasteiger partial charge on any atom is 0.150 e. The maximum absolute atomic E-state index is 11.7. The van der Waals surface area contributed by atoms with E-state index in [4.69, 9.17) is 4.74 Å². The zero-order valence-corrected chi connectivity index (χ0v) is 14.1. The number of hydrogen-bond donors (Lipinski definition) is 1. The third kappa shape index (κ3) is 4.12. The van der Waals surface area contributed by atoms with Crippen LogP contribution < -0.4 is 10.1 Å². The van der Waals surface area contributed by atoms with Crippen molar-refractivity contribution in [1.82, 2.24) is 0 Å². The molecule has 2 unspecified atom stereocenters. The standard InChI is InChI=1S/C14H20BrNO3S/c1-19-13-7-10(15)6-12(8-13)16-11-4-3-5-14(9-11)20(2,17)18/h6-8,11,14,16H,3-5,9H2,1-2H3. The van der Waals surface area contributed by atoms with Gasteiger partial charge in [-0.3, -0.25) is 0 Å². The van der Waals surface area contributed by atoms with E-state index >= 15 is 0 Å². The summed E-state index contributed by atoms with van der Waals surface area (Å²) in [5, 5.41) is 3.20.